The maximum absolute atomic E-state index is 14.1. The van der Waals surface area contributed by atoms with E-state index in [1.807, 2.05) is 70.5 Å². The number of nitrogens with one attached hydrogen (secondary N) is 2. The van der Waals surface area contributed by atoms with E-state index in [1.54, 1.807) is 23.6 Å². The lowest BCUT2D eigenvalue weighted by Gasteiger charge is -2.35. The first kappa shape index (κ1) is 36.9. The van der Waals surface area contributed by atoms with Crippen molar-refractivity contribution in [3.8, 4) is 10.4 Å². The van der Waals surface area contributed by atoms with E-state index in [1.165, 1.54) is 12.0 Å². The first-order valence-electron chi connectivity index (χ1n) is 17.1. The minimum atomic E-state index is -0.980. The molecule has 12 nitrogen and oxygen atoms in total. The maximum atomic E-state index is 14.1. The first-order valence-corrected chi connectivity index (χ1v) is 18.0. The predicted molar refractivity (Wildman–Crippen MR) is 191 cm³/mol. The normalized spacial score (nSPS) is 19.5. The average Bonchev–Trinajstić information content (AvgIpc) is 3.71. The number of aliphatic hydroxyl groups excluding tert-OH is 1. The van der Waals surface area contributed by atoms with Crippen LogP contribution in [0.5, 0.6) is 0 Å². The van der Waals surface area contributed by atoms with Crippen LogP contribution in [0.1, 0.15) is 81.2 Å². The van der Waals surface area contributed by atoms with E-state index in [0.717, 1.165) is 53.3 Å². The minimum Gasteiger partial charge on any atom is -0.469 e. The Hall–Kier alpha value is -4.36. The fourth-order valence-electron chi connectivity index (χ4n) is 6.64. The Bertz CT molecular complexity index is 1660. The molecular formula is C37H48N6O6S. The number of carbonyl (C=O) groups is 4. The van der Waals surface area contributed by atoms with E-state index >= 15 is 0 Å². The summed E-state index contributed by atoms with van der Waals surface area (Å²) in [6.07, 6.45) is 3.01. The molecule has 2 aromatic heterocycles. The summed E-state index contributed by atoms with van der Waals surface area (Å²) in [5.74, 6) is -1.22. The van der Waals surface area contributed by atoms with Gasteiger partial charge in [0.1, 0.15) is 17.8 Å². The summed E-state index contributed by atoms with van der Waals surface area (Å²) in [4.78, 5) is 66.2. The van der Waals surface area contributed by atoms with Crippen LogP contribution < -0.4 is 15.5 Å². The standard InChI is InChI=1S/C37H48N6O6S/c1-22(25-7-9-26(10-8-25)32-23(2)39-21-50-32)40-35(47)30-18-28(44)20-43(30)36(48)33(37(3,4)5)41-34(46)29-12-11-27(19-38-29)42-15-13-24(14-16-42)17-31(45)49-6/h7-12,19,21-22,24,28,30,33,44H,13-18,20H2,1-6H3,(H,40,47)(H,41,46)/t22-,28+,30-,33?/m0/s1. The van der Waals surface area contributed by atoms with Gasteiger partial charge in [-0.25, -0.2) is 9.97 Å². The molecule has 0 radical (unpaired) electrons. The van der Waals surface area contributed by atoms with Crippen molar-refractivity contribution in [1.29, 1.82) is 0 Å². The van der Waals surface area contributed by atoms with Gasteiger partial charge in [-0.2, -0.15) is 0 Å². The van der Waals surface area contributed by atoms with E-state index in [-0.39, 0.29) is 42.5 Å². The number of pyridine rings is 1. The van der Waals surface area contributed by atoms with Crippen LogP contribution in [0.3, 0.4) is 0 Å². The van der Waals surface area contributed by atoms with Crippen molar-refractivity contribution in [3.05, 3.63) is 65.1 Å². The lowest BCUT2D eigenvalue weighted by atomic mass is 9.85. The summed E-state index contributed by atoms with van der Waals surface area (Å²) >= 11 is 1.58. The van der Waals surface area contributed by atoms with Crippen molar-refractivity contribution >= 4 is 40.7 Å². The molecule has 0 spiro atoms. The zero-order chi connectivity index (χ0) is 36.2. The van der Waals surface area contributed by atoms with E-state index in [0.29, 0.717) is 6.42 Å². The molecule has 0 aliphatic carbocycles. The van der Waals surface area contributed by atoms with Crippen LogP contribution >= 0.6 is 11.3 Å². The van der Waals surface area contributed by atoms with Crippen molar-refractivity contribution in [2.75, 3.05) is 31.6 Å². The van der Waals surface area contributed by atoms with Gasteiger partial charge in [0.15, 0.2) is 0 Å². The molecule has 4 heterocycles. The molecule has 13 heteroatoms. The molecule has 2 fully saturated rings. The van der Waals surface area contributed by atoms with E-state index in [2.05, 4.69) is 25.5 Å². The summed E-state index contributed by atoms with van der Waals surface area (Å²) in [6.45, 7) is 10.9. The van der Waals surface area contributed by atoms with Crippen LogP contribution in [0.25, 0.3) is 10.4 Å². The van der Waals surface area contributed by atoms with Gasteiger partial charge < -0.3 is 30.3 Å². The molecule has 2 aliphatic rings. The topological polar surface area (TPSA) is 154 Å². The van der Waals surface area contributed by atoms with Crippen LogP contribution in [0.4, 0.5) is 5.69 Å². The van der Waals surface area contributed by atoms with Crippen molar-refractivity contribution in [2.45, 2.75) is 84.5 Å². The smallest absolute Gasteiger partial charge is 0.305 e. The van der Waals surface area contributed by atoms with Crippen LogP contribution in [-0.4, -0.2) is 88.6 Å². The molecule has 1 aromatic carbocycles. The Morgan fingerprint density at radius 2 is 1.74 bits per heavy atom. The summed E-state index contributed by atoms with van der Waals surface area (Å²) in [7, 11) is 1.40. The molecule has 268 valence electrons. The molecule has 1 unspecified atom stereocenters. The highest BCUT2D eigenvalue weighted by Crippen LogP contribution is 2.30. The Labute approximate surface area is 297 Å². The van der Waals surface area contributed by atoms with Gasteiger partial charge >= 0.3 is 5.97 Å². The fourth-order valence-corrected chi connectivity index (χ4v) is 7.45. The SMILES string of the molecule is COC(=O)CC1CCN(c2ccc(C(=O)NC(C(=O)N3C[C@H](O)C[C@H]3C(=O)N[C@@H](C)c3ccc(-c4scnc4C)cc3)C(C)(C)C)nc2)CC1. The number of rotatable bonds is 10. The molecule has 3 amide bonds. The second-order valence-corrected chi connectivity index (χ2v) is 15.3. The number of benzene rings is 1. The highest BCUT2D eigenvalue weighted by molar-refractivity contribution is 7.13. The van der Waals surface area contributed by atoms with Crippen molar-refractivity contribution in [3.63, 3.8) is 0 Å². The molecule has 0 bridgehead atoms. The first-order chi connectivity index (χ1) is 23.7. The Morgan fingerprint density at radius 3 is 2.32 bits per heavy atom. The second-order valence-electron chi connectivity index (χ2n) is 14.4. The lowest BCUT2D eigenvalue weighted by Crippen LogP contribution is -2.58. The zero-order valence-corrected chi connectivity index (χ0v) is 30.5. The van der Waals surface area contributed by atoms with Gasteiger partial charge in [-0.05, 0) is 61.3 Å². The molecule has 3 aromatic rings. The van der Waals surface area contributed by atoms with Gasteiger partial charge in [0.2, 0.25) is 11.8 Å². The number of hydrogen-bond donors (Lipinski definition) is 3. The summed E-state index contributed by atoms with van der Waals surface area (Å²) in [5, 5.41) is 16.5. The van der Waals surface area contributed by atoms with Gasteiger partial charge in [0.05, 0.1) is 47.2 Å². The highest BCUT2D eigenvalue weighted by Gasteiger charge is 2.45. The summed E-state index contributed by atoms with van der Waals surface area (Å²) < 4.78 is 4.80. The van der Waals surface area contributed by atoms with Crippen LogP contribution in [0, 0.1) is 18.3 Å². The van der Waals surface area contributed by atoms with E-state index in [4.69, 9.17) is 4.74 Å². The number of β-amino-alcohol motifs (C(OH)–C–C–N with tert-alkyl or cyclic N) is 1. The number of aryl methyl sites for hydroxylation is 1. The largest absolute Gasteiger partial charge is 0.469 e. The summed E-state index contributed by atoms with van der Waals surface area (Å²) in [6, 6.07) is 9.20. The Balaban J connectivity index is 1.21. The van der Waals surface area contributed by atoms with Crippen molar-refractivity contribution < 1.29 is 29.0 Å². The number of esters is 1. The maximum Gasteiger partial charge on any atom is 0.305 e. The van der Waals surface area contributed by atoms with Crippen LogP contribution in [-0.2, 0) is 19.1 Å². The third kappa shape index (κ3) is 8.67. The average molecular weight is 705 g/mol. The number of aromatic nitrogens is 2. The molecule has 50 heavy (non-hydrogen) atoms. The molecule has 5 rings (SSSR count). The molecule has 4 atom stereocenters. The number of ether oxygens (including phenoxy) is 1. The van der Waals surface area contributed by atoms with Crippen LogP contribution in [0.2, 0.25) is 0 Å². The van der Waals surface area contributed by atoms with Crippen LogP contribution in [0.15, 0.2) is 48.1 Å². The van der Waals surface area contributed by atoms with Gasteiger partial charge in [0, 0.05) is 32.5 Å². The fraction of sp³-hybridized carbons (Fsp3) is 0.514. The zero-order valence-electron chi connectivity index (χ0n) is 29.6. The third-order valence-electron chi connectivity index (χ3n) is 9.67. The van der Waals surface area contributed by atoms with E-state index in [9.17, 15) is 24.3 Å². The monoisotopic (exact) mass is 704 g/mol. The number of amides is 3. The predicted octanol–water partition coefficient (Wildman–Crippen LogP) is 4.28. The van der Waals surface area contributed by atoms with Crippen molar-refractivity contribution in [1.82, 2.24) is 25.5 Å². The second kappa shape index (κ2) is 15.7. The number of carbonyl (C=O) groups excluding carboxylic acids is 4. The van der Waals surface area contributed by atoms with Gasteiger partial charge in [-0.1, -0.05) is 45.0 Å². The van der Waals surface area contributed by atoms with Gasteiger partial charge in [-0.3, -0.25) is 19.2 Å². The number of methoxy groups -OCH3 is 1. The number of thiazole rings is 1. The van der Waals surface area contributed by atoms with E-state index < -0.39 is 35.4 Å². The molecule has 0 saturated carbocycles. The number of likely N-dealkylation sites (tertiary alicyclic amines) is 1. The molecular weight excluding hydrogens is 657 g/mol. The lowest BCUT2D eigenvalue weighted by molar-refractivity contribution is -0.142. The molecule has 2 aliphatic heterocycles. The highest BCUT2D eigenvalue weighted by atomic mass is 32.1. The molecule has 3 N–H and O–H groups in total. The number of anilines is 1. The quantitative estimate of drug-likeness (QED) is 0.263. The van der Waals surface area contributed by atoms with Crippen molar-refractivity contribution in [2.24, 2.45) is 11.3 Å². The van der Waals surface area contributed by atoms with Gasteiger partial charge in [-0.15, -0.1) is 11.3 Å². The molecule has 2 saturated heterocycles. The Morgan fingerprint density at radius 1 is 1.04 bits per heavy atom. The Kier molecular flexibility index (Phi) is 11.6. The minimum absolute atomic E-state index is 0.0140. The number of hydrogen-bond acceptors (Lipinski definition) is 10. The van der Waals surface area contributed by atoms with Gasteiger partial charge in [0.25, 0.3) is 5.91 Å². The summed E-state index contributed by atoms with van der Waals surface area (Å²) in [5.41, 5.74) is 5.08. The number of nitrogens with zero attached hydrogens (tertiary/aromatic N) is 4. The number of aliphatic hydroxyl groups is 1. The number of piperidine rings is 1. The third-order valence-corrected chi connectivity index (χ3v) is 10.7.